The second-order valence-electron chi connectivity index (χ2n) is 2.59. The van der Waals surface area contributed by atoms with Gasteiger partial charge in [0.2, 0.25) is 0 Å². The van der Waals surface area contributed by atoms with Crippen molar-refractivity contribution in [1.82, 2.24) is 0 Å². The van der Waals surface area contributed by atoms with E-state index >= 15 is 0 Å². The van der Waals surface area contributed by atoms with Crippen molar-refractivity contribution in [2.45, 2.75) is 6.92 Å². The maximum atomic E-state index is 11.3. The van der Waals surface area contributed by atoms with E-state index in [1.54, 1.807) is 31.2 Å². The van der Waals surface area contributed by atoms with Crippen LogP contribution in [0.1, 0.15) is 6.92 Å². The topological polar surface area (TPSA) is 49.4 Å². The molecule has 0 aliphatic rings. The third-order valence-electron chi connectivity index (χ3n) is 1.69. The molecule has 0 fully saturated rings. The molecule has 1 radical (unpaired) electrons. The van der Waals surface area contributed by atoms with Crippen molar-refractivity contribution >= 4 is 11.8 Å². The predicted octanol–water partition coefficient (Wildman–Crippen LogP) is 2.04. The summed E-state index contributed by atoms with van der Waals surface area (Å²) in [6, 6.07) is 8.72. The smallest absolute Gasteiger partial charge is 0.416 e. The first-order chi connectivity index (χ1) is 6.79. The van der Waals surface area contributed by atoms with E-state index < -0.39 is 12.8 Å². The molecule has 0 bridgehead atoms. The molecule has 0 spiro atoms. The van der Waals surface area contributed by atoms with Crippen LogP contribution in [0, 0.1) is 0 Å². The Bertz CT molecular complexity index is 287. The second-order valence-corrected chi connectivity index (χ2v) is 2.59. The minimum Gasteiger partial charge on any atom is -0.449 e. The van der Waals surface area contributed by atoms with Gasteiger partial charge in [-0.1, -0.05) is 18.2 Å². The molecular weight excluding hydrogens is 182 g/mol. The van der Waals surface area contributed by atoms with E-state index in [2.05, 4.69) is 0 Å². The van der Waals surface area contributed by atoms with Crippen LogP contribution in [0.4, 0.5) is 10.5 Å². The van der Waals surface area contributed by atoms with Crippen molar-refractivity contribution in [2.24, 2.45) is 0 Å². The number of hydrogen-bond donors (Lipinski definition) is 0. The maximum Gasteiger partial charge on any atom is 0.416 e. The molecule has 0 saturated carbocycles. The Labute approximate surface area is 82.7 Å². The van der Waals surface area contributed by atoms with E-state index in [9.17, 15) is 9.90 Å². The number of anilines is 1. The normalized spacial score (nSPS) is 9.57. The minimum absolute atomic E-state index is 0.266. The molecular formula is C10H12NO3. The van der Waals surface area contributed by atoms with Crippen molar-refractivity contribution in [3.63, 3.8) is 0 Å². The molecule has 0 heterocycles. The SMILES string of the molecule is CCOC(=O)N(C[O])c1ccccc1. The molecule has 75 valence electrons. The van der Waals surface area contributed by atoms with Crippen molar-refractivity contribution in [3.8, 4) is 0 Å². The zero-order chi connectivity index (χ0) is 10.4. The van der Waals surface area contributed by atoms with Crippen LogP contribution in [0.15, 0.2) is 30.3 Å². The van der Waals surface area contributed by atoms with Gasteiger partial charge in [0.1, 0.15) is 0 Å². The van der Waals surface area contributed by atoms with Gasteiger partial charge in [0.05, 0.1) is 6.61 Å². The standard InChI is InChI=1S/C10H12NO3/c1-2-14-10(13)11(8-12)9-6-4-3-5-7-9/h3-7H,2,8H2,1H3. The highest BCUT2D eigenvalue weighted by Gasteiger charge is 2.15. The number of carbonyl (C=O) groups is 1. The van der Waals surface area contributed by atoms with Crippen LogP contribution < -0.4 is 4.90 Å². The first-order valence-corrected chi connectivity index (χ1v) is 4.37. The lowest BCUT2D eigenvalue weighted by Gasteiger charge is -2.17. The van der Waals surface area contributed by atoms with E-state index in [1.807, 2.05) is 6.07 Å². The summed E-state index contributed by atoms with van der Waals surface area (Å²) >= 11 is 0. The Morgan fingerprint density at radius 3 is 2.50 bits per heavy atom. The summed E-state index contributed by atoms with van der Waals surface area (Å²) in [4.78, 5) is 12.3. The summed E-state index contributed by atoms with van der Waals surface area (Å²) in [5.41, 5.74) is 0.556. The molecule has 0 aliphatic carbocycles. The van der Waals surface area contributed by atoms with Gasteiger partial charge >= 0.3 is 6.09 Å². The van der Waals surface area contributed by atoms with Crippen molar-refractivity contribution < 1.29 is 14.6 Å². The number of ether oxygens (including phenoxy) is 1. The quantitative estimate of drug-likeness (QED) is 0.691. The Balaban J connectivity index is 2.77. The van der Waals surface area contributed by atoms with E-state index in [0.717, 1.165) is 4.90 Å². The average Bonchev–Trinajstić information content (AvgIpc) is 2.21. The molecule has 4 heteroatoms. The Kier molecular flexibility index (Phi) is 3.94. The molecule has 0 aliphatic heterocycles. The van der Waals surface area contributed by atoms with Gasteiger partial charge in [0.15, 0.2) is 6.73 Å². The van der Waals surface area contributed by atoms with Gasteiger partial charge in [-0.15, -0.1) is 0 Å². The number of carbonyl (C=O) groups excluding carboxylic acids is 1. The van der Waals surface area contributed by atoms with Crippen LogP contribution in [-0.2, 0) is 9.84 Å². The summed E-state index contributed by atoms with van der Waals surface area (Å²) in [6.07, 6.45) is -0.603. The van der Waals surface area contributed by atoms with Crippen molar-refractivity contribution in [2.75, 3.05) is 18.2 Å². The minimum atomic E-state index is -0.636. The van der Waals surface area contributed by atoms with Gasteiger partial charge in [-0.3, -0.25) is 4.90 Å². The maximum absolute atomic E-state index is 11.3. The Morgan fingerprint density at radius 1 is 1.36 bits per heavy atom. The van der Waals surface area contributed by atoms with Crippen LogP contribution in [-0.4, -0.2) is 19.4 Å². The van der Waals surface area contributed by atoms with Gasteiger partial charge in [0.25, 0.3) is 0 Å². The van der Waals surface area contributed by atoms with Gasteiger partial charge < -0.3 is 4.74 Å². The average molecular weight is 194 g/mol. The number of amides is 1. The summed E-state index contributed by atoms with van der Waals surface area (Å²) in [5.74, 6) is 0. The number of rotatable bonds is 3. The van der Waals surface area contributed by atoms with Crippen LogP contribution in [0.2, 0.25) is 0 Å². The fourth-order valence-electron chi connectivity index (χ4n) is 1.04. The van der Waals surface area contributed by atoms with Gasteiger partial charge in [0, 0.05) is 5.69 Å². The fraction of sp³-hybridized carbons (Fsp3) is 0.300. The van der Waals surface area contributed by atoms with E-state index in [1.165, 1.54) is 0 Å². The summed E-state index contributed by atoms with van der Waals surface area (Å²) in [5, 5.41) is 10.8. The second kappa shape index (κ2) is 5.24. The summed E-state index contributed by atoms with van der Waals surface area (Å²) in [6.45, 7) is 1.33. The molecule has 0 unspecified atom stereocenters. The number of hydrogen-bond acceptors (Lipinski definition) is 2. The molecule has 1 amide bonds. The third kappa shape index (κ3) is 2.47. The highest BCUT2D eigenvalue weighted by molar-refractivity contribution is 5.87. The number of para-hydroxylation sites is 1. The van der Waals surface area contributed by atoms with Gasteiger partial charge in [-0.2, -0.15) is 0 Å². The predicted molar refractivity (Wildman–Crippen MR) is 51.5 cm³/mol. The Hall–Kier alpha value is -1.55. The highest BCUT2D eigenvalue weighted by Crippen LogP contribution is 2.13. The van der Waals surface area contributed by atoms with Crippen LogP contribution >= 0.6 is 0 Å². The molecule has 1 aromatic carbocycles. The lowest BCUT2D eigenvalue weighted by atomic mass is 10.3. The first-order valence-electron chi connectivity index (χ1n) is 4.37. The van der Waals surface area contributed by atoms with E-state index in [-0.39, 0.29) is 6.61 Å². The van der Waals surface area contributed by atoms with Gasteiger partial charge in [-0.05, 0) is 19.1 Å². The molecule has 0 aromatic heterocycles. The monoisotopic (exact) mass is 194 g/mol. The molecule has 1 aromatic rings. The zero-order valence-corrected chi connectivity index (χ0v) is 7.97. The number of nitrogens with zero attached hydrogens (tertiary/aromatic N) is 1. The molecule has 1 rings (SSSR count). The van der Waals surface area contributed by atoms with E-state index in [4.69, 9.17) is 4.74 Å². The summed E-state index contributed by atoms with van der Waals surface area (Å²) < 4.78 is 4.74. The lowest BCUT2D eigenvalue weighted by molar-refractivity contribution is 0.137. The zero-order valence-electron chi connectivity index (χ0n) is 7.97. The van der Waals surface area contributed by atoms with Gasteiger partial charge in [-0.25, -0.2) is 9.90 Å². The van der Waals surface area contributed by atoms with Crippen molar-refractivity contribution in [1.29, 1.82) is 0 Å². The molecule has 0 saturated heterocycles. The number of benzene rings is 1. The molecule has 14 heavy (non-hydrogen) atoms. The lowest BCUT2D eigenvalue weighted by Crippen LogP contribution is -2.31. The van der Waals surface area contributed by atoms with Crippen LogP contribution in [0.3, 0.4) is 0 Å². The molecule has 4 nitrogen and oxygen atoms in total. The molecule has 0 N–H and O–H groups in total. The fourth-order valence-corrected chi connectivity index (χ4v) is 1.04. The van der Waals surface area contributed by atoms with Crippen LogP contribution in [0.25, 0.3) is 0 Å². The molecule has 0 atom stereocenters. The third-order valence-corrected chi connectivity index (χ3v) is 1.69. The van der Waals surface area contributed by atoms with Crippen LogP contribution in [0.5, 0.6) is 0 Å². The Morgan fingerprint density at radius 2 is 2.00 bits per heavy atom. The highest BCUT2D eigenvalue weighted by atomic mass is 16.6. The first kappa shape index (κ1) is 10.5. The summed E-state index contributed by atoms with van der Waals surface area (Å²) in [7, 11) is 0. The van der Waals surface area contributed by atoms with Crippen molar-refractivity contribution in [3.05, 3.63) is 30.3 Å². The van der Waals surface area contributed by atoms with E-state index in [0.29, 0.717) is 5.69 Å². The largest absolute Gasteiger partial charge is 0.449 e.